The van der Waals surface area contributed by atoms with E-state index >= 15 is 0 Å². The van der Waals surface area contributed by atoms with Crippen LogP contribution in [0.15, 0.2) is 52.1 Å². The molecule has 23 heavy (non-hydrogen) atoms. The van der Waals surface area contributed by atoms with Crippen LogP contribution in [0.25, 0.3) is 0 Å². The van der Waals surface area contributed by atoms with Gasteiger partial charge in [0.2, 0.25) is 0 Å². The zero-order valence-corrected chi connectivity index (χ0v) is 13.3. The van der Waals surface area contributed by atoms with Crippen molar-refractivity contribution < 1.29 is 13.9 Å². The third-order valence-corrected chi connectivity index (χ3v) is 3.13. The predicted molar refractivity (Wildman–Crippen MR) is 90.2 cm³/mol. The molecule has 1 aromatic heterocycles. The summed E-state index contributed by atoms with van der Waals surface area (Å²) in [6.07, 6.45) is 2.43. The van der Waals surface area contributed by atoms with Gasteiger partial charge >= 0.3 is 0 Å². The molecular weight excluding hydrogens is 294 g/mol. The molecular formula is C17H23N3O3. The van der Waals surface area contributed by atoms with Gasteiger partial charge in [0.15, 0.2) is 5.96 Å². The van der Waals surface area contributed by atoms with Crippen molar-refractivity contribution in [3.05, 3.63) is 54.0 Å². The summed E-state index contributed by atoms with van der Waals surface area (Å²) >= 11 is 0. The second-order valence-electron chi connectivity index (χ2n) is 4.97. The average Bonchev–Trinajstić information content (AvgIpc) is 3.06. The third kappa shape index (κ3) is 6.14. The lowest BCUT2D eigenvalue weighted by Crippen LogP contribution is -2.23. The molecule has 0 radical (unpaired) electrons. The average molecular weight is 317 g/mol. The van der Waals surface area contributed by atoms with E-state index in [2.05, 4.69) is 10.3 Å². The van der Waals surface area contributed by atoms with E-state index in [-0.39, 0.29) is 0 Å². The highest BCUT2D eigenvalue weighted by Crippen LogP contribution is 2.15. The molecule has 0 unspecified atom stereocenters. The number of rotatable bonds is 9. The molecule has 2 rings (SSSR count). The number of nitrogens with two attached hydrogens (primary N) is 1. The van der Waals surface area contributed by atoms with E-state index < -0.39 is 0 Å². The van der Waals surface area contributed by atoms with Gasteiger partial charge in [0.25, 0.3) is 0 Å². The number of furan rings is 1. The number of hydrogen-bond donors (Lipinski definition) is 2. The van der Waals surface area contributed by atoms with Crippen LogP contribution >= 0.6 is 0 Å². The fourth-order valence-electron chi connectivity index (χ4n) is 2.03. The lowest BCUT2D eigenvalue weighted by molar-refractivity contribution is 0.105. The predicted octanol–water partition coefficient (Wildman–Crippen LogP) is 2.76. The van der Waals surface area contributed by atoms with Gasteiger partial charge in [0.05, 0.1) is 12.9 Å². The maximum absolute atomic E-state index is 5.90. The fraction of sp³-hybridized carbons (Fsp3) is 0.353. The molecule has 2 aromatic rings. The molecule has 124 valence electrons. The first-order valence-electron chi connectivity index (χ1n) is 7.53. The highest BCUT2D eigenvalue weighted by molar-refractivity contribution is 5.92. The molecule has 0 aliphatic rings. The van der Waals surface area contributed by atoms with Crippen molar-refractivity contribution in [2.75, 3.05) is 25.6 Å². The first kappa shape index (κ1) is 17.1. The summed E-state index contributed by atoms with van der Waals surface area (Å²) in [5.74, 6) is 1.21. The van der Waals surface area contributed by atoms with E-state index in [1.165, 1.54) is 0 Å². The Bertz CT molecular complexity index is 597. The number of guanidine groups is 1. The number of nitrogens with one attached hydrogen (secondary N) is 1. The number of benzene rings is 1. The number of anilines is 1. The van der Waals surface area contributed by atoms with Gasteiger partial charge in [-0.2, -0.15) is 0 Å². The molecule has 0 amide bonds. The summed E-state index contributed by atoms with van der Waals surface area (Å²) in [5.41, 5.74) is 7.85. The van der Waals surface area contributed by atoms with Crippen molar-refractivity contribution in [1.29, 1.82) is 0 Å². The minimum absolute atomic E-state index is 0.389. The SMILES string of the molecule is COCc1ccccc1NC(N)=NCCCOCc1ccco1. The molecule has 0 bridgehead atoms. The molecule has 0 spiro atoms. The lowest BCUT2D eigenvalue weighted by Gasteiger charge is -2.10. The van der Waals surface area contributed by atoms with Crippen LogP contribution in [-0.4, -0.2) is 26.2 Å². The van der Waals surface area contributed by atoms with Crippen LogP contribution in [0.2, 0.25) is 0 Å². The van der Waals surface area contributed by atoms with E-state index in [1.807, 2.05) is 36.4 Å². The monoisotopic (exact) mass is 317 g/mol. The van der Waals surface area contributed by atoms with Crippen molar-refractivity contribution in [3.8, 4) is 0 Å². The minimum atomic E-state index is 0.389. The van der Waals surface area contributed by atoms with Gasteiger partial charge in [-0.1, -0.05) is 18.2 Å². The Morgan fingerprint density at radius 2 is 2.09 bits per heavy atom. The van der Waals surface area contributed by atoms with Crippen LogP contribution < -0.4 is 11.1 Å². The smallest absolute Gasteiger partial charge is 0.193 e. The van der Waals surface area contributed by atoms with Gasteiger partial charge in [-0.3, -0.25) is 4.99 Å². The quantitative estimate of drug-likeness (QED) is 0.422. The first-order valence-corrected chi connectivity index (χ1v) is 7.53. The van der Waals surface area contributed by atoms with Crippen LogP contribution in [0.5, 0.6) is 0 Å². The molecule has 0 aliphatic heterocycles. The summed E-state index contributed by atoms with van der Waals surface area (Å²) in [6, 6.07) is 11.6. The summed E-state index contributed by atoms with van der Waals surface area (Å²) < 4.78 is 15.8. The summed E-state index contributed by atoms with van der Waals surface area (Å²) in [4.78, 5) is 4.29. The fourth-order valence-corrected chi connectivity index (χ4v) is 2.03. The molecule has 0 saturated heterocycles. The van der Waals surface area contributed by atoms with Crippen molar-refractivity contribution in [3.63, 3.8) is 0 Å². The van der Waals surface area contributed by atoms with Gasteiger partial charge in [-0.05, 0) is 24.6 Å². The Morgan fingerprint density at radius 1 is 1.22 bits per heavy atom. The van der Waals surface area contributed by atoms with E-state index in [9.17, 15) is 0 Å². The Morgan fingerprint density at radius 3 is 2.87 bits per heavy atom. The molecule has 0 fully saturated rings. The van der Waals surface area contributed by atoms with E-state index in [0.717, 1.165) is 23.4 Å². The zero-order valence-electron chi connectivity index (χ0n) is 13.3. The van der Waals surface area contributed by atoms with Gasteiger partial charge < -0.3 is 24.9 Å². The highest BCUT2D eigenvalue weighted by atomic mass is 16.5. The maximum atomic E-state index is 5.90. The van der Waals surface area contributed by atoms with Crippen molar-refractivity contribution in [2.45, 2.75) is 19.6 Å². The Hall–Kier alpha value is -2.31. The van der Waals surface area contributed by atoms with E-state index in [4.69, 9.17) is 19.6 Å². The third-order valence-electron chi connectivity index (χ3n) is 3.13. The van der Waals surface area contributed by atoms with E-state index in [0.29, 0.717) is 32.3 Å². The normalized spacial score (nSPS) is 11.6. The molecule has 3 N–H and O–H groups in total. The number of aliphatic imine (C=N–C) groups is 1. The number of methoxy groups -OCH3 is 1. The maximum Gasteiger partial charge on any atom is 0.193 e. The topological polar surface area (TPSA) is 82.0 Å². The van der Waals surface area contributed by atoms with Gasteiger partial charge in [-0.15, -0.1) is 0 Å². The second kappa shape index (κ2) is 9.66. The molecule has 0 aliphatic carbocycles. The molecule has 0 saturated carbocycles. The van der Waals surface area contributed by atoms with Crippen molar-refractivity contribution in [2.24, 2.45) is 10.7 Å². The van der Waals surface area contributed by atoms with Crippen LogP contribution in [0.1, 0.15) is 17.7 Å². The Balaban J connectivity index is 1.69. The Kier molecular flexibility index (Phi) is 7.16. The van der Waals surface area contributed by atoms with Crippen LogP contribution in [0, 0.1) is 0 Å². The second-order valence-corrected chi connectivity index (χ2v) is 4.97. The minimum Gasteiger partial charge on any atom is -0.467 e. The van der Waals surface area contributed by atoms with Gasteiger partial charge in [0, 0.05) is 31.5 Å². The number of nitrogens with zero attached hydrogens (tertiary/aromatic N) is 1. The first-order chi connectivity index (χ1) is 11.3. The summed E-state index contributed by atoms with van der Waals surface area (Å²) in [6.45, 7) is 2.22. The largest absolute Gasteiger partial charge is 0.467 e. The number of hydrogen-bond acceptors (Lipinski definition) is 4. The van der Waals surface area contributed by atoms with Crippen molar-refractivity contribution >= 4 is 11.6 Å². The van der Waals surface area contributed by atoms with Crippen LogP contribution in [0.3, 0.4) is 0 Å². The Labute approximate surface area is 136 Å². The molecule has 0 atom stereocenters. The number of ether oxygens (including phenoxy) is 2. The summed E-state index contributed by atoms with van der Waals surface area (Å²) in [5, 5.41) is 3.10. The van der Waals surface area contributed by atoms with Crippen molar-refractivity contribution in [1.82, 2.24) is 0 Å². The molecule has 1 heterocycles. The van der Waals surface area contributed by atoms with Gasteiger partial charge in [0.1, 0.15) is 12.4 Å². The standard InChI is InChI=1S/C17H23N3O3/c1-21-12-14-6-2-3-8-16(14)20-17(18)19-9-5-10-22-13-15-7-4-11-23-15/h2-4,6-8,11H,5,9-10,12-13H2,1H3,(H3,18,19,20). The highest BCUT2D eigenvalue weighted by Gasteiger charge is 2.02. The van der Waals surface area contributed by atoms with E-state index in [1.54, 1.807) is 13.4 Å². The van der Waals surface area contributed by atoms with Gasteiger partial charge in [-0.25, -0.2) is 0 Å². The van der Waals surface area contributed by atoms with Crippen LogP contribution in [0.4, 0.5) is 5.69 Å². The molecule has 1 aromatic carbocycles. The lowest BCUT2D eigenvalue weighted by atomic mass is 10.2. The zero-order chi connectivity index (χ0) is 16.3. The number of para-hydroxylation sites is 1. The molecule has 6 nitrogen and oxygen atoms in total. The summed E-state index contributed by atoms with van der Waals surface area (Å²) in [7, 11) is 1.66. The van der Waals surface area contributed by atoms with Crippen LogP contribution in [-0.2, 0) is 22.7 Å². The molecule has 6 heteroatoms.